The molecule has 24 heavy (non-hydrogen) atoms. The lowest BCUT2D eigenvalue weighted by Crippen LogP contribution is -2.25. The van der Waals surface area contributed by atoms with Crippen molar-refractivity contribution in [2.75, 3.05) is 5.48 Å². The van der Waals surface area contributed by atoms with Crippen LogP contribution < -0.4 is 5.48 Å². The number of halogens is 1. The monoisotopic (exact) mass is 343 g/mol. The topological polar surface area (TPSA) is 56.1 Å². The van der Waals surface area contributed by atoms with Gasteiger partial charge in [0, 0.05) is 25.2 Å². The molecule has 3 aromatic rings. The second-order valence-corrected chi connectivity index (χ2v) is 6.50. The van der Waals surface area contributed by atoms with Crippen LogP contribution in [0.4, 0.5) is 9.52 Å². The van der Waals surface area contributed by atoms with Crippen LogP contribution in [-0.2, 0) is 4.84 Å². The first-order valence-corrected chi connectivity index (χ1v) is 8.36. The van der Waals surface area contributed by atoms with E-state index in [4.69, 9.17) is 4.84 Å². The number of anilines is 1. The van der Waals surface area contributed by atoms with Gasteiger partial charge in [0.15, 0.2) is 12.0 Å². The Labute approximate surface area is 141 Å². The summed E-state index contributed by atoms with van der Waals surface area (Å²) in [5.74, 6) is -0.132. The van der Waals surface area contributed by atoms with Crippen LogP contribution in [0.2, 0.25) is 0 Å². The molecule has 1 atom stereocenters. The molecule has 3 heterocycles. The zero-order chi connectivity index (χ0) is 16.5. The van der Waals surface area contributed by atoms with Crippen LogP contribution in [0.3, 0.4) is 0 Å². The molecule has 0 spiro atoms. The van der Waals surface area contributed by atoms with Crippen molar-refractivity contribution in [3.05, 3.63) is 60.3 Å². The highest BCUT2D eigenvalue weighted by molar-refractivity contribution is 7.18. The molecular formula is C17H14FN3O2S. The summed E-state index contributed by atoms with van der Waals surface area (Å²) in [6, 6.07) is 9.91. The van der Waals surface area contributed by atoms with Gasteiger partial charge in [0.05, 0.1) is 10.6 Å². The molecule has 0 bridgehead atoms. The average Bonchev–Trinajstić information content (AvgIpc) is 3.25. The number of nitrogens with one attached hydrogen (secondary N) is 1. The number of hydrogen-bond acceptors (Lipinski definition) is 5. The molecule has 4 rings (SSSR count). The third-order valence-corrected chi connectivity index (χ3v) is 4.85. The maximum atomic E-state index is 13.0. The van der Waals surface area contributed by atoms with Crippen molar-refractivity contribution in [2.24, 2.45) is 0 Å². The number of Topliss-reactive ketones (excluding diaryl/α,β-unsaturated/α-hetero) is 1. The Bertz CT molecular complexity index is 872. The maximum absolute atomic E-state index is 13.0. The molecule has 1 aliphatic rings. The first kappa shape index (κ1) is 15.0. The minimum Gasteiger partial charge on any atom is -0.316 e. The quantitative estimate of drug-likeness (QED) is 0.719. The molecule has 1 unspecified atom stereocenters. The Balaban J connectivity index is 1.45. The summed E-state index contributed by atoms with van der Waals surface area (Å²) in [5.41, 5.74) is 4.43. The number of aromatic nitrogens is 2. The Hall–Kier alpha value is -2.51. The van der Waals surface area contributed by atoms with E-state index >= 15 is 0 Å². The van der Waals surface area contributed by atoms with Crippen LogP contribution in [0.5, 0.6) is 0 Å². The number of carbonyl (C=O) groups is 1. The zero-order valence-electron chi connectivity index (χ0n) is 12.6. The van der Waals surface area contributed by atoms with Crippen molar-refractivity contribution in [1.29, 1.82) is 0 Å². The first-order chi connectivity index (χ1) is 11.7. The predicted octanol–water partition coefficient (Wildman–Crippen LogP) is 4.27. The fourth-order valence-electron chi connectivity index (χ4n) is 2.71. The molecule has 1 N–H and O–H groups in total. The molecule has 122 valence electrons. The largest absolute Gasteiger partial charge is 0.316 e. The van der Waals surface area contributed by atoms with E-state index in [-0.39, 0.29) is 17.8 Å². The van der Waals surface area contributed by atoms with E-state index in [1.165, 1.54) is 23.5 Å². The molecule has 0 radical (unpaired) electrons. The third-order valence-electron chi connectivity index (χ3n) is 3.91. The lowest BCUT2D eigenvalue weighted by molar-refractivity contribution is 0.0234. The van der Waals surface area contributed by atoms with Crippen molar-refractivity contribution in [2.45, 2.75) is 19.1 Å². The third kappa shape index (κ3) is 2.83. The molecule has 0 amide bonds. The molecule has 0 aliphatic carbocycles. The molecular weight excluding hydrogens is 329 g/mol. The summed E-state index contributed by atoms with van der Waals surface area (Å²) in [6.45, 7) is 0. The van der Waals surface area contributed by atoms with E-state index in [1.54, 1.807) is 24.4 Å². The van der Waals surface area contributed by atoms with E-state index in [2.05, 4.69) is 10.5 Å². The minimum atomic E-state index is -0.265. The molecule has 0 saturated heterocycles. The van der Waals surface area contributed by atoms with Crippen molar-refractivity contribution in [3.63, 3.8) is 0 Å². The summed E-state index contributed by atoms with van der Waals surface area (Å²) in [7, 11) is 0. The number of fused-ring (bicyclic) bond motifs is 1. The maximum Gasteiger partial charge on any atom is 0.207 e. The second kappa shape index (κ2) is 6.18. The lowest BCUT2D eigenvalue weighted by Gasteiger charge is -2.24. The van der Waals surface area contributed by atoms with Gasteiger partial charge in [0.1, 0.15) is 5.82 Å². The van der Waals surface area contributed by atoms with Gasteiger partial charge in [-0.05, 0) is 29.8 Å². The van der Waals surface area contributed by atoms with Crippen LogP contribution in [0.15, 0.2) is 48.8 Å². The van der Waals surface area contributed by atoms with Crippen LogP contribution in [0.1, 0.15) is 29.6 Å². The van der Waals surface area contributed by atoms with Gasteiger partial charge in [-0.3, -0.25) is 4.79 Å². The summed E-state index contributed by atoms with van der Waals surface area (Å²) in [5, 5.41) is 0.611. The van der Waals surface area contributed by atoms with Crippen molar-refractivity contribution in [1.82, 2.24) is 9.55 Å². The normalized spacial score (nSPS) is 16.9. The number of hydrogen-bond donors (Lipinski definition) is 1. The minimum absolute atomic E-state index is 0.132. The van der Waals surface area contributed by atoms with E-state index in [0.29, 0.717) is 23.7 Å². The summed E-state index contributed by atoms with van der Waals surface area (Å²) < 4.78 is 14.8. The van der Waals surface area contributed by atoms with Gasteiger partial charge < -0.3 is 4.57 Å². The molecule has 0 saturated carbocycles. The average molecular weight is 343 g/mol. The van der Waals surface area contributed by atoms with E-state index in [9.17, 15) is 9.18 Å². The molecule has 0 fully saturated rings. The second-order valence-electron chi connectivity index (χ2n) is 5.47. The first-order valence-electron chi connectivity index (χ1n) is 7.54. The molecule has 1 aliphatic heterocycles. The van der Waals surface area contributed by atoms with Gasteiger partial charge in [-0.25, -0.2) is 19.7 Å². The van der Waals surface area contributed by atoms with Gasteiger partial charge in [-0.2, -0.15) is 0 Å². The SMILES string of the molecule is O=C1CCC(ONc2ncc(-c3ccc(F)cc3)s2)n2cccc21. The van der Waals surface area contributed by atoms with Gasteiger partial charge in [0.2, 0.25) is 5.13 Å². The van der Waals surface area contributed by atoms with Crippen LogP contribution >= 0.6 is 11.3 Å². The molecule has 1 aromatic carbocycles. The van der Waals surface area contributed by atoms with Crippen molar-refractivity contribution >= 4 is 22.3 Å². The Morgan fingerprint density at radius 2 is 2.12 bits per heavy atom. The lowest BCUT2D eigenvalue weighted by atomic mass is 10.1. The summed E-state index contributed by atoms with van der Waals surface area (Å²) in [4.78, 5) is 22.7. The van der Waals surface area contributed by atoms with Crippen LogP contribution in [-0.4, -0.2) is 15.3 Å². The van der Waals surface area contributed by atoms with Crippen molar-refractivity contribution in [3.8, 4) is 10.4 Å². The number of benzene rings is 1. The van der Waals surface area contributed by atoms with Gasteiger partial charge in [-0.1, -0.05) is 23.5 Å². The predicted molar refractivity (Wildman–Crippen MR) is 89.2 cm³/mol. The summed E-state index contributed by atoms with van der Waals surface area (Å²) >= 11 is 1.42. The van der Waals surface area contributed by atoms with E-state index in [0.717, 1.165) is 10.4 Å². The standard InChI is InChI=1S/C17H14FN3O2S/c18-12-5-3-11(4-6-12)15-10-19-17(24-15)20-23-16-8-7-14(22)13-2-1-9-21(13)16/h1-6,9-10,16H,7-8H2,(H,19,20). The number of thiazole rings is 1. The zero-order valence-corrected chi connectivity index (χ0v) is 13.4. The van der Waals surface area contributed by atoms with E-state index < -0.39 is 0 Å². The Kier molecular flexibility index (Phi) is 3.87. The number of nitrogens with zero attached hydrogens (tertiary/aromatic N) is 2. The van der Waals surface area contributed by atoms with Gasteiger partial charge in [0.25, 0.3) is 0 Å². The Morgan fingerprint density at radius 1 is 1.29 bits per heavy atom. The highest BCUT2D eigenvalue weighted by Crippen LogP contribution is 2.31. The van der Waals surface area contributed by atoms with Crippen LogP contribution in [0, 0.1) is 5.82 Å². The highest BCUT2D eigenvalue weighted by Gasteiger charge is 2.25. The highest BCUT2D eigenvalue weighted by atomic mass is 32.1. The summed E-state index contributed by atoms with van der Waals surface area (Å²) in [6.07, 6.45) is 4.39. The fraction of sp³-hybridized carbons (Fsp3) is 0.176. The molecule has 5 nitrogen and oxygen atoms in total. The number of carbonyl (C=O) groups excluding carboxylic acids is 1. The smallest absolute Gasteiger partial charge is 0.207 e. The van der Waals surface area contributed by atoms with Gasteiger partial charge >= 0.3 is 0 Å². The molecule has 2 aromatic heterocycles. The fourth-order valence-corrected chi connectivity index (χ4v) is 3.47. The van der Waals surface area contributed by atoms with E-state index in [1.807, 2.05) is 16.8 Å². The van der Waals surface area contributed by atoms with Crippen LogP contribution in [0.25, 0.3) is 10.4 Å². The Morgan fingerprint density at radius 3 is 2.96 bits per heavy atom. The van der Waals surface area contributed by atoms with Crippen molar-refractivity contribution < 1.29 is 14.0 Å². The number of ketones is 1. The van der Waals surface area contributed by atoms with Gasteiger partial charge in [-0.15, -0.1) is 0 Å². The number of rotatable bonds is 4. The molecule has 7 heteroatoms.